The van der Waals surface area contributed by atoms with Crippen LogP contribution in [0.3, 0.4) is 0 Å². The predicted octanol–water partition coefficient (Wildman–Crippen LogP) is 1.95. The lowest BCUT2D eigenvalue weighted by atomic mass is 10.0. The Morgan fingerprint density at radius 3 is 2.59 bits per heavy atom. The van der Waals surface area contributed by atoms with Gasteiger partial charge in [0, 0.05) is 19.6 Å². The topological polar surface area (TPSA) is 15.3 Å². The summed E-state index contributed by atoms with van der Waals surface area (Å²) in [7, 11) is 0. The Morgan fingerprint density at radius 1 is 1.18 bits per heavy atom. The second-order valence-electron chi connectivity index (χ2n) is 5.73. The number of fused-ring (bicyclic) bond motifs is 1. The van der Waals surface area contributed by atoms with Crippen molar-refractivity contribution in [1.82, 2.24) is 10.2 Å². The van der Waals surface area contributed by atoms with E-state index < -0.39 is 0 Å². The van der Waals surface area contributed by atoms with E-state index in [1.807, 2.05) is 0 Å². The van der Waals surface area contributed by atoms with Gasteiger partial charge in [0.05, 0.1) is 0 Å². The fraction of sp³-hybridized carbons (Fsp3) is 0.600. The Hall–Kier alpha value is -0.860. The number of aryl methyl sites for hydroxylation is 1. The van der Waals surface area contributed by atoms with Crippen molar-refractivity contribution in [2.45, 2.75) is 20.4 Å². The Labute approximate surface area is 104 Å². The molecule has 2 aliphatic rings. The maximum atomic E-state index is 3.50. The van der Waals surface area contributed by atoms with Crippen molar-refractivity contribution in [1.29, 1.82) is 0 Å². The molecule has 2 nitrogen and oxygen atoms in total. The minimum Gasteiger partial charge on any atom is -0.316 e. The third-order valence-electron chi connectivity index (χ3n) is 4.58. The first kappa shape index (κ1) is 11.2. The maximum Gasteiger partial charge on any atom is 0.0236 e. The van der Waals surface area contributed by atoms with E-state index in [4.69, 9.17) is 0 Å². The van der Waals surface area contributed by atoms with Crippen LogP contribution in [0.5, 0.6) is 0 Å². The van der Waals surface area contributed by atoms with E-state index in [9.17, 15) is 0 Å². The van der Waals surface area contributed by atoms with E-state index in [1.165, 1.54) is 42.9 Å². The number of benzene rings is 1. The summed E-state index contributed by atoms with van der Waals surface area (Å²) in [5, 5.41) is 3.50. The summed E-state index contributed by atoms with van der Waals surface area (Å²) in [4.78, 5) is 2.64. The molecular formula is C15H22N2. The van der Waals surface area contributed by atoms with Crippen LogP contribution in [-0.4, -0.2) is 31.1 Å². The molecule has 0 aliphatic carbocycles. The summed E-state index contributed by atoms with van der Waals surface area (Å²) in [5.74, 6) is 1.81. The maximum absolute atomic E-state index is 3.50. The van der Waals surface area contributed by atoms with Crippen molar-refractivity contribution >= 4 is 0 Å². The standard InChI is InChI=1S/C15H22N2/c1-11-4-3-5-13(12(11)2)8-17-9-14-6-16-7-15(14)10-17/h3-5,14-16H,6-10H2,1-2H3. The number of nitrogens with one attached hydrogen (secondary N) is 1. The van der Waals surface area contributed by atoms with E-state index >= 15 is 0 Å². The highest BCUT2D eigenvalue weighted by molar-refractivity contribution is 5.33. The fourth-order valence-electron chi connectivity index (χ4n) is 3.31. The molecule has 17 heavy (non-hydrogen) atoms. The molecule has 0 aromatic heterocycles. The molecule has 0 amide bonds. The van der Waals surface area contributed by atoms with Crippen molar-refractivity contribution in [2.24, 2.45) is 11.8 Å². The minimum absolute atomic E-state index is 0.903. The first-order chi connectivity index (χ1) is 8.24. The summed E-state index contributed by atoms with van der Waals surface area (Å²) in [5.41, 5.74) is 4.41. The monoisotopic (exact) mass is 230 g/mol. The molecule has 2 heteroatoms. The quantitative estimate of drug-likeness (QED) is 0.835. The molecule has 2 heterocycles. The summed E-state index contributed by atoms with van der Waals surface area (Å²) >= 11 is 0. The minimum atomic E-state index is 0.903. The van der Waals surface area contributed by atoms with Crippen LogP contribution in [0.2, 0.25) is 0 Å². The number of hydrogen-bond acceptors (Lipinski definition) is 2. The molecule has 0 saturated carbocycles. The van der Waals surface area contributed by atoms with Crippen LogP contribution in [0, 0.1) is 25.7 Å². The molecular weight excluding hydrogens is 208 g/mol. The molecule has 2 fully saturated rings. The number of hydrogen-bond donors (Lipinski definition) is 1. The van der Waals surface area contributed by atoms with Gasteiger partial charge in [-0.2, -0.15) is 0 Å². The zero-order chi connectivity index (χ0) is 11.8. The molecule has 2 atom stereocenters. The summed E-state index contributed by atoms with van der Waals surface area (Å²) in [6, 6.07) is 6.69. The number of rotatable bonds is 2. The third kappa shape index (κ3) is 2.12. The van der Waals surface area contributed by atoms with Crippen LogP contribution < -0.4 is 5.32 Å². The highest BCUT2D eigenvalue weighted by Crippen LogP contribution is 2.28. The van der Waals surface area contributed by atoms with Gasteiger partial charge in [0.1, 0.15) is 0 Å². The zero-order valence-electron chi connectivity index (χ0n) is 10.9. The van der Waals surface area contributed by atoms with Gasteiger partial charge >= 0.3 is 0 Å². The highest BCUT2D eigenvalue weighted by Gasteiger charge is 2.35. The predicted molar refractivity (Wildman–Crippen MR) is 71.0 cm³/mol. The van der Waals surface area contributed by atoms with Crippen molar-refractivity contribution < 1.29 is 0 Å². The van der Waals surface area contributed by atoms with Gasteiger partial charge in [0.2, 0.25) is 0 Å². The molecule has 1 aromatic carbocycles. The van der Waals surface area contributed by atoms with Crippen LogP contribution in [0.1, 0.15) is 16.7 Å². The average Bonchev–Trinajstić information content (AvgIpc) is 2.85. The van der Waals surface area contributed by atoms with E-state index in [0.717, 1.165) is 18.4 Å². The Bertz CT molecular complexity index is 401. The molecule has 0 spiro atoms. The lowest BCUT2D eigenvalue weighted by molar-refractivity contribution is 0.305. The van der Waals surface area contributed by atoms with Crippen molar-refractivity contribution in [3.8, 4) is 0 Å². The summed E-state index contributed by atoms with van der Waals surface area (Å²) in [6.45, 7) is 10.6. The smallest absolute Gasteiger partial charge is 0.0236 e. The van der Waals surface area contributed by atoms with Gasteiger partial charge in [-0.05, 0) is 55.5 Å². The van der Waals surface area contributed by atoms with Crippen molar-refractivity contribution in [3.63, 3.8) is 0 Å². The SMILES string of the molecule is Cc1cccc(CN2CC3CNCC3C2)c1C. The molecule has 2 unspecified atom stereocenters. The van der Waals surface area contributed by atoms with Crippen LogP contribution in [0.15, 0.2) is 18.2 Å². The first-order valence-electron chi connectivity index (χ1n) is 6.72. The molecule has 2 saturated heterocycles. The van der Waals surface area contributed by atoms with Crippen molar-refractivity contribution in [3.05, 3.63) is 34.9 Å². The van der Waals surface area contributed by atoms with E-state index in [2.05, 4.69) is 42.3 Å². The first-order valence-corrected chi connectivity index (χ1v) is 6.72. The van der Waals surface area contributed by atoms with Gasteiger partial charge in [-0.25, -0.2) is 0 Å². The van der Waals surface area contributed by atoms with Crippen LogP contribution >= 0.6 is 0 Å². The summed E-state index contributed by atoms with van der Waals surface area (Å²) in [6.07, 6.45) is 0. The van der Waals surface area contributed by atoms with Gasteiger partial charge < -0.3 is 5.32 Å². The molecule has 1 aromatic rings. The van der Waals surface area contributed by atoms with Crippen LogP contribution in [-0.2, 0) is 6.54 Å². The lowest BCUT2D eigenvalue weighted by Crippen LogP contribution is -2.25. The van der Waals surface area contributed by atoms with E-state index in [-0.39, 0.29) is 0 Å². The largest absolute Gasteiger partial charge is 0.316 e. The Balaban J connectivity index is 1.70. The van der Waals surface area contributed by atoms with Crippen LogP contribution in [0.25, 0.3) is 0 Å². The third-order valence-corrected chi connectivity index (χ3v) is 4.58. The Kier molecular flexibility index (Phi) is 2.93. The second kappa shape index (κ2) is 4.43. The zero-order valence-corrected chi connectivity index (χ0v) is 10.9. The Morgan fingerprint density at radius 2 is 1.88 bits per heavy atom. The van der Waals surface area contributed by atoms with Gasteiger partial charge in [0.15, 0.2) is 0 Å². The normalized spacial score (nSPS) is 28.6. The van der Waals surface area contributed by atoms with Gasteiger partial charge in [-0.15, -0.1) is 0 Å². The van der Waals surface area contributed by atoms with Gasteiger partial charge in [-0.3, -0.25) is 4.90 Å². The lowest BCUT2D eigenvalue weighted by Gasteiger charge is -2.19. The van der Waals surface area contributed by atoms with Crippen molar-refractivity contribution in [2.75, 3.05) is 26.2 Å². The van der Waals surface area contributed by atoms with E-state index in [1.54, 1.807) is 0 Å². The fourth-order valence-corrected chi connectivity index (χ4v) is 3.31. The molecule has 2 aliphatic heterocycles. The number of nitrogens with zero attached hydrogens (tertiary/aromatic N) is 1. The highest BCUT2D eigenvalue weighted by atomic mass is 15.2. The number of likely N-dealkylation sites (tertiary alicyclic amines) is 1. The molecule has 92 valence electrons. The molecule has 1 N–H and O–H groups in total. The van der Waals surface area contributed by atoms with Gasteiger partial charge in [0.25, 0.3) is 0 Å². The van der Waals surface area contributed by atoms with E-state index in [0.29, 0.717) is 0 Å². The second-order valence-corrected chi connectivity index (χ2v) is 5.73. The molecule has 3 rings (SSSR count). The summed E-state index contributed by atoms with van der Waals surface area (Å²) < 4.78 is 0. The molecule has 0 radical (unpaired) electrons. The average molecular weight is 230 g/mol. The van der Waals surface area contributed by atoms with Crippen LogP contribution in [0.4, 0.5) is 0 Å². The van der Waals surface area contributed by atoms with Gasteiger partial charge in [-0.1, -0.05) is 18.2 Å². The molecule has 0 bridgehead atoms.